The van der Waals surface area contributed by atoms with Crippen molar-refractivity contribution in [2.24, 2.45) is 5.41 Å². The van der Waals surface area contributed by atoms with E-state index in [1.807, 2.05) is 0 Å². The lowest BCUT2D eigenvalue weighted by atomic mass is 9.71. The Labute approximate surface area is 127 Å². The van der Waals surface area contributed by atoms with Crippen LogP contribution in [0.2, 0.25) is 18.1 Å². The normalized spacial score (nSPS) is 25.0. The summed E-state index contributed by atoms with van der Waals surface area (Å²) in [6.45, 7) is 23.6. The van der Waals surface area contributed by atoms with Crippen molar-refractivity contribution in [1.82, 2.24) is 0 Å². The third-order valence-electron chi connectivity index (χ3n) is 5.24. The molecule has 1 saturated carbocycles. The molecule has 2 heteroatoms. The summed E-state index contributed by atoms with van der Waals surface area (Å²) >= 11 is 0. The molecule has 1 rings (SSSR count). The Morgan fingerprint density at radius 1 is 1.30 bits per heavy atom. The molecule has 1 aliphatic carbocycles. The molecule has 0 spiro atoms. The molecule has 1 fully saturated rings. The first-order valence-corrected chi connectivity index (χ1v) is 10.8. The number of hydrogen-bond acceptors (Lipinski definition) is 1. The molecule has 0 aliphatic heterocycles. The Hall–Kier alpha value is -0.343. The lowest BCUT2D eigenvalue weighted by Gasteiger charge is -2.42. The smallest absolute Gasteiger partial charge is 0.192 e. The van der Waals surface area contributed by atoms with Gasteiger partial charge in [-0.1, -0.05) is 45.4 Å². The van der Waals surface area contributed by atoms with E-state index >= 15 is 0 Å². The van der Waals surface area contributed by atoms with Crippen LogP contribution in [-0.2, 0) is 4.43 Å². The number of rotatable bonds is 3. The highest BCUT2D eigenvalue weighted by Gasteiger charge is 2.40. The standard InChI is InChI=1S/C18H34OSi/c1-14(2)16-10-11-18(7,12-15(16)3)13-19-20(8,9)17(4,5)6/h3,10-13H2,1-2,4-9H3/t18-/m1/s1. The van der Waals surface area contributed by atoms with Crippen molar-refractivity contribution in [3.05, 3.63) is 23.3 Å². The Bertz CT molecular complexity index is 408. The molecule has 0 aromatic rings. The molecular weight excluding hydrogens is 260 g/mol. The monoisotopic (exact) mass is 294 g/mol. The van der Waals surface area contributed by atoms with Gasteiger partial charge in [0.25, 0.3) is 0 Å². The topological polar surface area (TPSA) is 9.23 Å². The van der Waals surface area contributed by atoms with Crippen LogP contribution in [0.4, 0.5) is 0 Å². The van der Waals surface area contributed by atoms with Crippen molar-refractivity contribution in [2.45, 2.75) is 78.9 Å². The minimum atomic E-state index is -1.64. The van der Waals surface area contributed by atoms with Crippen molar-refractivity contribution in [2.75, 3.05) is 6.61 Å². The highest BCUT2D eigenvalue weighted by molar-refractivity contribution is 6.74. The van der Waals surface area contributed by atoms with Gasteiger partial charge in [0.1, 0.15) is 0 Å². The van der Waals surface area contributed by atoms with Gasteiger partial charge in [0.2, 0.25) is 0 Å². The molecule has 0 saturated heterocycles. The van der Waals surface area contributed by atoms with E-state index in [9.17, 15) is 0 Å². The van der Waals surface area contributed by atoms with E-state index in [1.165, 1.54) is 29.6 Å². The molecule has 0 aromatic heterocycles. The third-order valence-corrected chi connectivity index (χ3v) is 9.72. The number of allylic oxidation sites excluding steroid dienone is 3. The minimum Gasteiger partial charge on any atom is -0.416 e. The molecule has 0 N–H and O–H groups in total. The SMILES string of the molecule is C=C1C[C@](C)(CO[Si](C)(C)C(C)(C)C)CCC1=C(C)C. The highest BCUT2D eigenvalue weighted by atomic mass is 28.4. The molecule has 0 aromatic carbocycles. The summed E-state index contributed by atoms with van der Waals surface area (Å²) in [5, 5.41) is 0.292. The van der Waals surface area contributed by atoms with Crippen LogP contribution in [0.5, 0.6) is 0 Å². The van der Waals surface area contributed by atoms with Gasteiger partial charge >= 0.3 is 0 Å². The zero-order valence-electron chi connectivity index (χ0n) is 14.9. The van der Waals surface area contributed by atoms with Crippen LogP contribution in [0.15, 0.2) is 23.3 Å². The van der Waals surface area contributed by atoms with Gasteiger partial charge in [0, 0.05) is 6.61 Å². The summed E-state index contributed by atoms with van der Waals surface area (Å²) < 4.78 is 6.46. The fraction of sp³-hybridized carbons (Fsp3) is 0.778. The van der Waals surface area contributed by atoms with E-state index in [2.05, 4.69) is 61.2 Å². The fourth-order valence-corrected chi connectivity index (χ4v) is 3.75. The molecule has 0 unspecified atom stereocenters. The maximum Gasteiger partial charge on any atom is 0.192 e. The summed E-state index contributed by atoms with van der Waals surface area (Å²) in [6, 6.07) is 0. The van der Waals surface area contributed by atoms with Crippen LogP contribution >= 0.6 is 0 Å². The second-order valence-corrected chi connectivity index (χ2v) is 13.4. The van der Waals surface area contributed by atoms with Gasteiger partial charge in [-0.3, -0.25) is 0 Å². The van der Waals surface area contributed by atoms with E-state index in [-0.39, 0.29) is 5.41 Å². The lowest BCUT2D eigenvalue weighted by molar-refractivity contribution is 0.132. The van der Waals surface area contributed by atoms with Gasteiger partial charge in [-0.15, -0.1) is 0 Å². The summed E-state index contributed by atoms with van der Waals surface area (Å²) in [6.07, 6.45) is 3.47. The zero-order valence-corrected chi connectivity index (χ0v) is 15.9. The zero-order chi connectivity index (χ0) is 15.8. The quantitative estimate of drug-likeness (QED) is 0.572. The van der Waals surface area contributed by atoms with Crippen molar-refractivity contribution in [1.29, 1.82) is 0 Å². The Balaban J connectivity index is 2.71. The Morgan fingerprint density at radius 3 is 2.25 bits per heavy atom. The van der Waals surface area contributed by atoms with E-state index in [1.54, 1.807) is 0 Å². The maximum atomic E-state index is 6.46. The third kappa shape index (κ3) is 4.08. The summed E-state index contributed by atoms with van der Waals surface area (Å²) in [5.74, 6) is 0. The first-order chi connectivity index (χ1) is 8.88. The van der Waals surface area contributed by atoms with Gasteiger partial charge in [-0.25, -0.2) is 0 Å². The molecule has 1 atom stereocenters. The largest absolute Gasteiger partial charge is 0.416 e. The van der Waals surface area contributed by atoms with Crippen LogP contribution in [0.25, 0.3) is 0 Å². The predicted molar refractivity (Wildman–Crippen MR) is 92.6 cm³/mol. The van der Waals surface area contributed by atoms with Gasteiger partial charge in [-0.2, -0.15) is 0 Å². The van der Waals surface area contributed by atoms with Gasteiger partial charge < -0.3 is 4.43 Å². The number of hydrogen-bond donors (Lipinski definition) is 0. The lowest BCUT2D eigenvalue weighted by Crippen LogP contribution is -2.44. The Kier molecular flexibility index (Phi) is 5.14. The predicted octanol–water partition coefficient (Wildman–Crippen LogP) is 6.09. The van der Waals surface area contributed by atoms with Gasteiger partial charge in [-0.05, 0) is 62.2 Å². The van der Waals surface area contributed by atoms with Crippen molar-refractivity contribution in [3.63, 3.8) is 0 Å². The molecule has 20 heavy (non-hydrogen) atoms. The van der Waals surface area contributed by atoms with E-state index in [4.69, 9.17) is 4.43 Å². The van der Waals surface area contributed by atoms with Crippen molar-refractivity contribution < 1.29 is 4.43 Å². The molecule has 0 amide bonds. The molecule has 0 bridgehead atoms. The van der Waals surface area contributed by atoms with Gasteiger partial charge in [0.15, 0.2) is 8.32 Å². The molecule has 1 nitrogen and oxygen atoms in total. The van der Waals surface area contributed by atoms with E-state index in [0.29, 0.717) is 5.04 Å². The van der Waals surface area contributed by atoms with Crippen LogP contribution in [0.3, 0.4) is 0 Å². The average molecular weight is 295 g/mol. The van der Waals surface area contributed by atoms with E-state index < -0.39 is 8.32 Å². The summed E-state index contributed by atoms with van der Waals surface area (Å²) in [4.78, 5) is 0. The first kappa shape index (κ1) is 17.7. The van der Waals surface area contributed by atoms with Crippen LogP contribution in [0, 0.1) is 5.41 Å². The molecule has 116 valence electrons. The minimum absolute atomic E-state index is 0.269. The van der Waals surface area contributed by atoms with Gasteiger partial charge in [0.05, 0.1) is 0 Å². The summed E-state index contributed by atoms with van der Waals surface area (Å²) in [7, 11) is -1.64. The molecule has 0 heterocycles. The van der Waals surface area contributed by atoms with Crippen molar-refractivity contribution >= 4 is 8.32 Å². The average Bonchev–Trinajstić information content (AvgIpc) is 2.24. The summed E-state index contributed by atoms with van der Waals surface area (Å²) in [5.41, 5.74) is 4.53. The molecule has 1 aliphatic rings. The van der Waals surface area contributed by atoms with Crippen LogP contribution in [-0.4, -0.2) is 14.9 Å². The molecule has 0 radical (unpaired) electrons. The highest BCUT2D eigenvalue weighted by Crippen LogP contribution is 2.44. The van der Waals surface area contributed by atoms with Crippen molar-refractivity contribution in [3.8, 4) is 0 Å². The maximum absolute atomic E-state index is 6.46. The molecular formula is C18H34OSi. The Morgan fingerprint density at radius 2 is 1.85 bits per heavy atom. The van der Waals surface area contributed by atoms with Crippen LogP contribution in [0.1, 0.15) is 60.8 Å². The van der Waals surface area contributed by atoms with E-state index in [0.717, 1.165) is 13.0 Å². The first-order valence-electron chi connectivity index (χ1n) is 7.86. The second-order valence-electron chi connectivity index (χ2n) is 8.62. The second kappa shape index (κ2) is 5.80. The fourth-order valence-electron chi connectivity index (χ4n) is 2.61. The van der Waals surface area contributed by atoms with Crippen LogP contribution < -0.4 is 0 Å².